The van der Waals surface area contributed by atoms with Gasteiger partial charge in [0.25, 0.3) is 5.56 Å². The number of carbonyl (C=O) groups is 1. The molecule has 0 spiro atoms. The number of hydrogen-bond acceptors (Lipinski definition) is 4. The molecule has 184 valence electrons. The third-order valence-electron chi connectivity index (χ3n) is 6.71. The van der Waals surface area contributed by atoms with Gasteiger partial charge in [0.1, 0.15) is 11.6 Å². The molecule has 1 aliphatic rings. The van der Waals surface area contributed by atoms with Crippen molar-refractivity contribution in [1.82, 2.24) is 19.4 Å². The Morgan fingerprint density at radius 3 is 2.36 bits per heavy atom. The Hall–Kier alpha value is -4.04. The summed E-state index contributed by atoms with van der Waals surface area (Å²) in [7, 11) is 0. The quantitative estimate of drug-likeness (QED) is 0.452. The Balaban J connectivity index is 1.36. The zero-order chi connectivity index (χ0) is 25.1. The summed E-state index contributed by atoms with van der Waals surface area (Å²) in [4.78, 5) is 35.0. The molecule has 7 nitrogen and oxygen atoms in total. The zero-order valence-electron chi connectivity index (χ0n) is 20.1. The van der Waals surface area contributed by atoms with Crippen LogP contribution in [0.4, 0.5) is 14.9 Å². The van der Waals surface area contributed by atoms with Gasteiger partial charge in [0, 0.05) is 26.2 Å². The molecular weight excluding hydrogens is 457 g/mol. The first-order valence-corrected chi connectivity index (χ1v) is 12.1. The number of piperazine rings is 1. The van der Waals surface area contributed by atoms with Gasteiger partial charge in [0.2, 0.25) is 0 Å². The highest BCUT2D eigenvalue weighted by Crippen LogP contribution is 2.23. The van der Waals surface area contributed by atoms with Gasteiger partial charge in [-0.1, -0.05) is 54.6 Å². The second-order valence-corrected chi connectivity index (χ2v) is 8.97. The van der Waals surface area contributed by atoms with Crippen LogP contribution in [0.3, 0.4) is 0 Å². The molecule has 2 heterocycles. The third-order valence-corrected chi connectivity index (χ3v) is 6.71. The monoisotopic (exact) mass is 485 g/mol. The lowest BCUT2D eigenvalue weighted by Crippen LogP contribution is -2.51. The van der Waals surface area contributed by atoms with Gasteiger partial charge in [-0.05, 0) is 36.8 Å². The summed E-state index contributed by atoms with van der Waals surface area (Å²) in [5.41, 5.74) is 1.81. The average Bonchev–Trinajstić information content (AvgIpc) is 2.92. The number of nitrogens with one attached hydrogen (secondary N) is 1. The van der Waals surface area contributed by atoms with Crippen molar-refractivity contribution >= 4 is 22.6 Å². The molecule has 2 amide bonds. The van der Waals surface area contributed by atoms with E-state index >= 15 is 0 Å². The van der Waals surface area contributed by atoms with Crippen molar-refractivity contribution in [3.05, 3.63) is 106 Å². The SMILES string of the molecule is CC(c1nc2ccccc2c(=O)n1Cc1ccccc1)N1CCN(C(=O)Nc2ccccc2F)CC1. The molecule has 1 N–H and O–H groups in total. The number of benzene rings is 3. The average molecular weight is 486 g/mol. The van der Waals surface area contributed by atoms with Gasteiger partial charge in [-0.25, -0.2) is 14.2 Å². The number of halogens is 1. The molecule has 1 saturated heterocycles. The van der Waals surface area contributed by atoms with Crippen LogP contribution in [0.2, 0.25) is 0 Å². The van der Waals surface area contributed by atoms with Crippen LogP contribution in [0.1, 0.15) is 24.4 Å². The molecule has 1 aliphatic heterocycles. The summed E-state index contributed by atoms with van der Waals surface area (Å²) in [5.74, 6) is 0.240. The van der Waals surface area contributed by atoms with E-state index in [0.29, 0.717) is 49.5 Å². The summed E-state index contributed by atoms with van der Waals surface area (Å²) in [6.45, 7) is 4.68. The number of para-hydroxylation sites is 2. The fourth-order valence-corrected chi connectivity index (χ4v) is 4.66. The Morgan fingerprint density at radius 2 is 1.61 bits per heavy atom. The van der Waals surface area contributed by atoms with Crippen molar-refractivity contribution in [1.29, 1.82) is 0 Å². The Morgan fingerprint density at radius 1 is 0.944 bits per heavy atom. The summed E-state index contributed by atoms with van der Waals surface area (Å²) >= 11 is 0. The molecular formula is C28H28FN5O2. The topological polar surface area (TPSA) is 70.5 Å². The van der Waals surface area contributed by atoms with E-state index < -0.39 is 5.82 Å². The van der Waals surface area contributed by atoms with Crippen LogP contribution in [0.15, 0.2) is 83.7 Å². The molecule has 8 heteroatoms. The minimum atomic E-state index is -0.461. The molecule has 3 aromatic carbocycles. The predicted molar refractivity (Wildman–Crippen MR) is 139 cm³/mol. The molecule has 1 unspecified atom stereocenters. The first kappa shape index (κ1) is 23.7. The number of aromatic nitrogens is 2. The van der Waals surface area contributed by atoms with Crippen molar-refractivity contribution in [2.45, 2.75) is 19.5 Å². The molecule has 0 radical (unpaired) electrons. The fraction of sp³-hybridized carbons (Fsp3) is 0.250. The van der Waals surface area contributed by atoms with Crippen molar-refractivity contribution in [2.24, 2.45) is 0 Å². The molecule has 4 aromatic rings. The van der Waals surface area contributed by atoms with Crippen LogP contribution in [-0.4, -0.2) is 51.6 Å². The van der Waals surface area contributed by atoms with Gasteiger partial charge >= 0.3 is 6.03 Å². The Kier molecular flexibility index (Phi) is 6.77. The summed E-state index contributed by atoms with van der Waals surface area (Å²) in [6.07, 6.45) is 0. The van der Waals surface area contributed by atoms with Crippen molar-refractivity contribution in [3.8, 4) is 0 Å². The maximum absolute atomic E-state index is 13.9. The van der Waals surface area contributed by atoms with E-state index in [-0.39, 0.29) is 23.3 Å². The van der Waals surface area contributed by atoms with E-state index in [2.05, 4.69) is 10.2 Å². The highest BCUT2D eigenvalue weighted by atomic mass is 19.1. The number of hydrogen-bond donors (Lipinski definition) is 1. The van der Waals surface area contributed by atoms with Crippen LogP contribution in [0, 0.1) is 5.82 Å². The van der Waals surface area contributed by atoms with E-state index in [4.69, 9.17) is 4.98 Å². The minimum Gasteiger partial charge on any atom is -0.322 e. The van der Waals surface area contributed by atoms with Gasteiger partial charge in [0.05, 0.1) is 29.2 Å². The highest BCUT2D eigenvalue weighted by molar-refractivity contribution is 5.89. The van der Waals surface area contributed by atoms with E-state index in [1.54, 1.807) is 27.7 Å². The first-order valence-electron chi connectivity index (χ1n) is 12.1. The van der Waals surface area contributed by atoms with Crippen LogP contribution < -0.4 is 10.9 Å². The lowest BCUT2D eigenvalue weighted by Gasteiger charge is -2.38. The van der Waals surface area contributed by atoms with Crippen LogP contribution in [-0.2, 0) is 6.54 Å². The number of urea groups is 1. The van der Waals surface area contributed by atoms with E-state index in [1.165, 1.54) is 6.07 Å². The van der Waals surface area contributed by atoms with Crippen molar-refractivity contribution in [3.63, 3.8) is 0 Å². The van der Waals surface area contributed by atoms with Gasteiger partial charge in [-0.2, -0.15) is 0 Å². The van der Waals surface area contributed by atoms with Crippen molar-refractivity contribution < 1.29 is 9.18 Å². The zero-order valence-corrected chi connectivity index (χ0v) is 20.1. The molecule has 0 bridgehead atoms. The highest BCUT2D eigenvalue weighted by Gasteiger charge is 2.28. The summed E-state index contributed by atoms with van der Waals surface area (Å²) in [5, 5.41) is 3.25. The molecule has 1 fully saturated rings. The summed E-state index contributed by atoms with van der Waals surface area (Å²) in [6, 6.07) is 23.0. The number of fused-ring (bicyclic) bond motifs is 1. The smallest absolute Gasteiger partial charge is 0.322 e. The second-order valence-electron chi connectivity index (χ2n) is 8.97. The molecule has 1 atom stereocenters. The number of amides is 2. The first-order chi connectivity index (χ1) is 17.5. The van der Waals surface area contributed by atoms with Crippen LogP contribution in [0.5, 0.6) is 0 Å². The minimum absolute atomic E-state index is 0.0609. The lowest BCUT2D eigenvalue weighted by atomic mass is 10.1. The summed E-state index contributed by atoms with van der Waals surface area (Å²) < 4.78 is 15.7. The lowest BCUT2D eigenvalue weighted by molar-refractivity contribution is 0.114. The van der Waals surface area contributed by atoms with Crippen LogP contribution >= 0.6 is 0 Å². The van der Waals surface area contributed by atoms with E-state index in [0.717, 1.165) is 5.56 Å². The van der Waals surface area contributed by atoms with Crippen molar-refractivity contribution in [2.75, 3.05) is 31.5 Å². The standard InChI is InChI=1S/C28H28FN5O2/c1-20(32-15-17-33(18-16-32)28(36)31-25-14-8-6-12-23(25)29)26-30-24-13-7-5-11-22(24)27(35)34(26)19-21-9-3-2-4-10-21/h2-14,20H,15-19H2,1H3,(H,31,36). The predicted octanol–water partition coefficient (Wildman–Crippen LogP) is 4.49. The molecule has 1 aromatic heterocycles. The molecule has 0 saturated carbocycles. The van der Waals surface area contributed by atoms with E-state index in [9.17, 15) is 14.0 Å². The van der Waals surface area contributed by atoms with E-state index in [1.807, 2.05) is 61.5 Å². The fourth-order valence-electron chi connectivity index (χ4n) is 4.66. The second kappa shape index (κ2) is 10.3. The molecule has 36 heavy (non-hydrogen) atoms. The Bertz CT molecular complexity index is 1430. The number of rotatable bonds is 5. The van der Waals surface area contributed by atoms with Gasteiger partial charge < -0.3 is 10.2 Å². The maximum atomic E-state index is 13.9. The van der Waals surface area contributed by atoms with Crippen LogP contribution in [0.25, 0.3) is 10.9 Å². The molecule has 5 rings (SSSR count). The van der Waals surface area contributed by atoms with Gasteiger partial charge in [0.15, 0.2) is 0 Å². The largest absolute Gasteiger partial charge is 0.322 e. The van der Waals surface area contributed by atoms with Gasteiger partial charge in [-0.3, -0.25) is 14.3 Å². The maximum Gasteiger partial charge on any atom is 0.322 e. The number of anilines is 1. The molecule has 0 aliphatic carbocycles. The number of nitrogens with zero attached hydrogens (tertiary/aromatic N) is 4. The number of carbonyl (C=O) groups excluding carboxylic acids is 1. The third kappa shape index (κ3) is 4.85. The normalized spacial score (nSPS) is 15.1. The Labute approximate surface area is 208 Å². The van der Waals surface area contributed by atoms with Gasteiger partial charge in [-0.15, -0.1) is 0 Å².